The van der Waals surface area contributed by atoms with Gasteiger partial charge in [-0.1, -0.05) is 37.3 Å². The number of fused-ring (bicyclic) bond motifs is 1. The first-order chi connectivity index (χ1) is 14.9. The molecule has 31 heavy (non-hydrogen) atoms. The first kappa shape index (κ1) is 20.9. The molecule has 3 amide bonds. The van der Waals surface area contributed by atoms with E-state index in [0.29, 0.717) is 17.9 Å². The molecule has 0 aliphatic carbocycles. The predicted molar refractivity (Wildman–Crippen MR) is 118 cm³/mol. The van der Waals surface area contributed by atoms with Gasteiger partial charge < -0.3 is 14.5 Å². The van der Waals surface area contributed by atoms with Gasteiger partial charge in [-0.05, 0) is 37.7 Å². The molecule has 1 atom stereocenters. The Balaban J connectivity index is 1.54. The zero-order valence-electron chi connectivity index (χ0n) is 18.3. The predicted octanol–water partition coefficient (Wildman–Crippen LogP) is 3.86. The fourth-order valence-corrected chi connectivity index (χ4v) is 4.12. The highest BCUT2D eigenvalue weighted by molar-refractivity contribution is 6.07. The van der Waals surface area contributed by atoms with Crippen molar-refractivity contribution in [3.8, 4) is 5.75 Å². The Kier molecular flexibility index (Phi) is 5.45. The summed E-state index contributed by atoms with van der Waals surface area (Å²) in [6.07, 6.45) is 0.773. The molecule has 3 aromatic rings. The van der Waals surface area contributed by atoms with Crippen molar-refractivity contribution < 1.29 is 18.7 Å². The van der Waals surface area contributed by atoms with E-state index in [1.807, 2.05) is 48.3 Å². The van der Waals surface area contributed by atoms with E-state index in [4.69, 9.17) is 9.15 Å². The summed E-state index contributed by atoms with van der Waals surface area (Å²) in [5.74, 6) is 1.27. The average Bonchev–Trinajstić information content (AvgIpc) is 3.24. The van der Waals surface area contributed by atoms with Crippen LogP contribution in [0.3, 0.4) is 0 Å². The summed E-state index contributed by atoms with van der Waals surface area (Å²) >= 11 is 0. The Hall–Kier alpha value is -3.32. The molecule has 0 spiro atoms. The highest BCUT2D eigenvalue weighted by atomic mass is 16.5. The van der Waals surface area contributed by atoms with E-state index in [-0.39, 0.29) is 12.6 Å². The van der Waals surface area contributed by atoms with Crippen LogP contribution < -0.4 is 10.1 Å². The van der Waals surface area contributed by atoms with Gasteiger partial charge in [-0.25, -0.2) is 9.69 Å². The van der Waals surface area contributed by atoms with Gasteiger partial charge in [0.15, 0.2) is 0 Å². The SMILES string of the molecule is CCc1oc2ccccc2c1CN(C)CN1C(=O)N[C@](C)(c2cccc(OC)c2)C1=O. The minimum absolute atomic E-state index is 0.173. The molecular weight excluding hydrogens is 394 g/mol. The van der Waals surface area contributed by atoms with Crippen molar-refractivity contribution in [2.45, 2.75) is 32.4 Å². The molecule has 7 heteroatoms. The van der Waals surface area contributed by atoms with Crippen LogP contribution in [0, 0.1) is 0 Å². The normalized spacial score (nSPS) is 18.8. The van der Waals surface area contributed by atoms with Gasteiger partial charge in [0.25, 0.3) is 5.91 Å². The second-order valence-corrected chi connectivity index (χ2v) is 8.03. The van der Waals surface area contributed by atoms with E-state index in [1.54, 1.807) is 26.2 Å². The lowest BCUT2D eigenvalue weighted by atomic mass is 9.92. The molecular formula is C24H27N3O4. The van der Waals surface area contributed by atoms with Crippen LogP contribution in [-0.2, 0) is 23.3 Å². The molecule has 1 saturated heterocycles. The van der Waals surface area contributed by atoms with Gasteiger partial charge >= 0.3 is 6.03 Å². The first-order valence-corrected chi connectivity index (χ1v) is 10.3. The molecule has 0 bridgehead atoms. The second-order valence-electron chi connectivity index (χ2n) is 8.03. The van der Waals surface area contributed by atoms with Gasteiger partial charge in [0.1, 0.15) is 22.6 Å². The smallest absolute Gasteiger partial charge is 0.326 e. The number of carbonyl (C=O) groups is 2. The summed E-state index contributed by atoms with van der Waals surface area (Å²) in [6.45, 7) is 4.51. The highest BCUT2D eigenvalue weighted by Crippen LogP contribution is 2.32. The molecule has 0 saturated carbocycles. The number of imide groups is 1. The van der Waals surface area contributed by atoms with Gasteiger partial charge in [0.05, 0.1) is 13.8 Å². The van der Waals surface area contributed by atoms with Crippen molar-refractivity contribution in [2.75, 3.05) is 20.8 Å². The molecule has 1 aliphatic rings. The number of hydrogen-bond acceptors (Lipinski definition) is 5. The molecule has 4 rings (SSSR count). The van der Waals surface area contributed by atoms with Gasteiger partial charge in [-0.2, -0.15) is 0 Å². The van der Waals surface area contributed by atoms with E-state index in [9.17, 15) is 9.59 Å². The number of urea groups is 1. The number of methoxy groups -OCH3 is 1. The Labute approximate surface area is 181 Å². The topological polar surface area (TPSA) is 75.0 Å². The van der Waals surface area contributed by atoms with Crippen molar-refractivity contribution in [1.29, 1.82) is 0 Å². The number of rotatable bonds is 7. The van der Waals surface area contributed by atoms with Crippen LogP contribution in [0.1, 0.15) is 30.7 Å². The largest absolute Gasteiger partial charge is 0.497 e. The minimum atomic E-state index is -1.14. The van der Waals surface area contributed by atoms with Crippen LogP contribution in [0.15, 0.2) is 52.9 Å². The molecule has 2 aromatic carbocycles. The van der Waals surface area contributed by atoms with Gasteiger partial charge in [0.2, 0.25) is 0 Å². The van der Waals surface area contributed by atoms with Gasteiger partial charge in [-0.3, -0.25) is 9.69 Å². The lowest BCUT2D eigenvalue weighted by Crippen LogP contribution is -2.42. The number of furan rings is 1. The number of nitrogens with one attached hydrogen (secondary N) is 1. The van der Waals surface area contributed by atoms with E-state index < -0.39 is 11.6 Å². The van der Waals surface area contributed by atoms with Crippen molar-refractivity contribution >= 4 is 22.9 Å². The fourth-order valence-electron chi connectivity index (χ4n) is 4.12. The summed E-state index contributed by atoms with van der Waals surface area (Å²) in [6, 6.07) is 14.7. The highest BCUT2D eigenvalue weighted by Gasteiger charge is 2.49. The van der Waals surface area contributed by atoms with Crippen LogP contribution in [0.5, 0.6) is 5.75 Å². The van der Waals surface area contributed by atoms with Crippen LogP contribution in [0.2, 0.25) is 0 Å². The standard InChI is InChI=1S/C24H27N3O4/c1-5-20-19(18-11-6-7-12-21(18)31-20)14-26(3)15-27-22(28)24(2,25-23(27)29)16-9-8-10-17(13-16)30-4/h6-13H,5,14-15H2,1-4H3,(H,25,29)/t24-/m1/s1. The average molecular weight is 421 g/mol. The quantitative estimate of drug-likeness (QED) is 0.587. The molecule has 1 aliphatic heterocycles. The summed E-state index contributed by atoms with van der Waals surface area (Å²) in [5.41, 5.74) is 1.49. The molecule has 1 aromatic heterocycles. The maximum atomic E-state index is 13.3. The van der Waals surface area contributed by atoms with E-state index >= 15 is 0 Å². The molecule has 0 unspecified atom stereocenters. The third-order valence-electron chi connectivity index (χ3n) is 5.84. The molecule has 7 nitrogen and oxygen atoms in total. The monoisotopic (exact) mass is 421 g/mol. The molecule has 1 N–H and O–H groups in total. The van der Waals surface area contributed by atoms with Crippen molar-refractivity contribution in [2.24, 2.45) is 0 Å². The number of benzene rings is 2. The van der Waals surface area contributed by atoms with Crippen LogP contribution in [0.25, 0.3) is 11.0 Å². The number of aryl methyl sites for hydroxylation is 1. The van der Waals surface area contributed by atoms with Crippen molar-refractivity contribution in [3.63, 3.8) is 0 Å². The van der Waals surface area contributed by atoms with Crippen LogP contribution in [0.4, 0.5) is 4.79 Å². The number of carbonyl (C=O) groups excluding carboxylic acids is 2. The zero-order valence-corrected chi connectivity index (χ0v) is 18.3. The number of nitrogens with zero attached hydrogens (tertiary/aromatic N) is 2. The number of ether oxygens (including phenoxy) is 1. The lowest BCUT2D eigenvalue weighted by Gasteiger charge is -2.25. The van der Waals surface area contributed by atoms with Crippen LogP contribution in [-0.4, -0.2) is 42.6 Å². The fraction of sp³-hybridized carbons (Fsp3) is 0.333. The van der Waals surface area contributed by atoms with Crippen molar-refractivity contribution in [1.82, 2.24) is 15.1 Å². The first-order valence-electron chi connectivity index (χ1n) is 10.3. The molecule has 2 heterocycles. The van der Waals surface area contributed by atoms with E-state index in [2.05, 4.69) is 12.2 Å². The Bertz CT molecular complexity index is 1140. The van der Waals surface area contributed by atoms with Gasteiger partial charge in [-0.15, -0.1) is 0 Å². The minimum Gasteiger partial charge on any atom is -0.497 e. The third kappa shape index (κ3) is 3.65. The van der Waals surface area contributed by atoms with E-state index in [0.717, 1.165) is 28.7 Å². The summed E-state index contributed by atoms with van der Waals surface area (Å²) < 4.78 is 11.2. The Morgan fingerprint density at radius 2 is 1.94 bits per heavy atom. The van der Waals surface area contributed by atoms with Gasteiger partial charge in [0, 0.05) is 23.9 Å². The molecule has 0 radical (unpaired) electrons. The summed E-state index contributed by atoms with van der Waals surface area (Å²) in [7, 11) is 3.46. The van der Waals surface area contributed by atoms with Crippen LogP contribution >= 0.6 is 0 Å². The number of para-hydroxylation sites is 1. The molecule has 162 valence electrons. The Morgan fingerprint density at radius 3 is 2.68 bits per heavy atom. The van der Waals surface area contributed by atoms with E-state index in [1.165, 1.54) is 4.90 Å². The van der Waals surface area contributed by atoms with Crippen molar-refractivity contribution in [3.05, 3.63) is 65.4 Å². The third-order valence-corrected chi connectivity index (χ3v) is 5.84. The Morgan fingerprint density at radius 1 is 1.16 bits per heavy atom. The zero-order chi connectivity index (χ0) is 22.2. The maximum absolute atomic E-state index is 13.3. The number of amides is 3. The summed E-state index contributed by atoms with van der Waals surface area (Å²) in [4.78, 5) is 29.2. The summed E-state index contributed by atoms with van der Waals surface area (Å²) in [5, 5.41) is 3.91. The maximum Gasteiger partial charge on any atom is 0.326 e. The second kappa shape index (κ2) is 8.07. The lowest BCUT2D eigenvalue weighted by molar-refractivity contribution is -0.132. The molecule has 1 fully saturated rings. The number of hydrogen-bond donors (Lipinski definition) is 1.